The van der Waals surface area contributed by atoms with Gasteiger partial charge in [0.2, 0.25) is 0 Å². The summed E-state index contributed by atoms with van der Waals surface area (Å²) in [6.07, 6.45) is 1.82. The lowest BCUT2D eigenvalue weighted by Crippen LogP contribution is -2.40. The Morgan fingerprint density at radius 1 is 1.47 bits per heavy atom. The molecule has 1 aromatic rings. The van der Waals surface area contributed by atoms with Gasteiger partial charge in [-0.3, -0.25) is 4.79 Å². The molecular weight excluding hydrogens is 220 g/mol. The quantitative estimate of drug-likeness (QED) is 0.606. The van der Waals surface area contributed by atoms with E-state index in [9.17, 15) is 9.59 Å². The molecule has 0 bridgehead atoms. The minimum atomic E-state index is -0.838. The molecule has 5 heteroatoms. The number of nitrogens with one attached hydrogen (secondary N) is 2. The van der Waals surface area contributed by atoms with Crippen LogP contribution in [0, 0.1) is 0 Å². The maximum absolute atomic E-state index is 11.4. The van der Waals surface area contributed by atoms with Crippen molar-refractivity contribution in [2.24, 2.45) is 0 Å². The zero-order chi connectivity index (χ0) is 12.9. The first kappa shape index (κ1) is 13.3. The third-order valence-corrected chi connectivity index (χ3v) is 2.48. The Labute approximate surface area is 101 Å². The van der Waals surface area contributed by atoms with Crippen LogP contribution >= 0.6 is 0 Å². The predicted molar refractivity (Wildman–Crippen MR) is 63.5 cm³/mol. The van der Waals surface area contributed by atoms with E-state index in [2.05, 4.69) is 15.0 Å². The van der Waals surface area contributed by atoms with Gasteiger partial charge < -0.3 is 15.0 Å². The summed E-state index contributed by atoms with van der Waals surface area (Å²) in [7, 11) is 0. The van der Waals surface area contributed by atoms with Gasteiger partial charge in [0.1, 0.15) is 0 Å². The zero-order valence-electron chi connectivity index (χ0n) is 10.4. The normalized spacial score (nSPS) is 11.0. The van der Waals surface area contributed by atoms with Crippen molar-refractivity contribution in [2.45, 2.75) is 26.2 Å². The smallest absolute Gasteiger partial charge is 0.396 e. The summed E-state index contributed by atoms with van der Waals surface area (Å²) in [5, 5.41) is 2.56. The number of carbonyl (C=O) groups excluding carboxylic acids is 2. The van der Waals surface area contributed by atoms with Gasteiger partial charge in [0.05, 0.1) is 6.61 Å². The minimum Gasteiger partial charge on any atom is -0.459 e. The number of carbonyl (C=O) groups is 2. The second-order valence-corrected chi connectivity index (χ2v) is 4.37. The van der Waals surface area contributed by atoms with Gasteiger partial charge in [-0.2, -0.15) is 0 Å². The number of H-pyrrole nitrogens is 1. The fourth-order valence-electron chi connectivity index (χ4n) is 1.42. The Morgan fingerprint density at radius 3 is 2.71 bits per heavy atom. The summed E-state index contributed by atoms with van der Waals surface area (Å²) in [5.41, 5.74) is 0.743. The van der Waals surface area contributed by atoms with Gasteiger partial charge in [-0.1, -0.05) is 13.8 Å². The van der Waals surface area contributed by atoms with Crippen LogP contribution in [0.5, 0.6) is 0 Å². The Bertz CT molecular complexity index is 382. The van der Waals surface area contributed by atoms with Crippen molar-refractivity contribution < 1.29 is 14.3 Å². The van der Waals surface area contributed by atoms with E-state index in [4.69, 9.17) is 0 Å². The number of hydrogen-bond donors (Lipinski definition) is 2. The fraction of sp³-hybridized carbons (Fsp3) is 0.500. The average molecular weight is 238 g/mol. The highest BCUT2D eigenvalue weighted by atomic mass is 16.5. The van der Waals surface area contributed by atoms with Crippen molar-refractivity contribution in [3.8, 4) is 0 Å². The average Bonchev–Trinajstić information content (AvgIpc) is 2.80. The van der Waals surface area contributed by atoms with E-state index < -0.39 is 11.9 Å². The molecule has 5 nitrogen and oxygen atoms in total. The second-order valence-electron chi connectivity index (χ2n) is 4.37. The molecule has 1 heterocycles. The molecule has 0 atom stereocenters. The molecular formula is C12H18N2O3. The van der Waals surface area contributed by atoms with E-state index in [0.29, 0.717) is 6.54 Å². The van der Waals surface area contributed by atoms with Crippen LogP contribution in [0.15, 0.2) is 18.3 Å². The number of rotatable bonds is 4. The molecule has 1 rings (SSSR count). The van der Waals surface area contributed by atoms with Gasteiger partial charge in [-0.25, -0.2) is 4.79 Å². The molecule has 0 radical (unpaired) electrons. The zero-order valence-corrected chi connectivity index (χ0v) is 10.4. The summed E-state index contributed by atoms with van der Waals surface area (Å²) >= 11 is 0. The van der Waals surface area contributed by atoms with Crippen LogP contribution in [-0.4, -0.2) is 30.0 Å². The standard InChI is InChI=1S/C12H18N2O3/c1-4-17-11(16)10(15)14-8-12(2,3)9-6-5-7-13-9/h5-7,13H,4,8H2,1-3H3,(H,14,15). The van der Waals surface area contributed by atoms with E-state index in [1.165, 1.54) is 0 Å². The van der Waals surface area contributed by atoms with Gasteiger partial charge in [0, 0.05) is 23.9 Å². The second kappa shape index (κ2) is 5.52. The SMILES string of the molecule is CCOC(=O)C(=O)NCC(C)(C)c1ccc[nH]1. The largest absolute Gasteiger partial charge is 0.459 e. The van der Waals surface area contributed by atoms with E-state index in [0.717, 1.165) is 5.69 Å². The summed E-state index contributed by atoms with van der Waals surface area (Å²) in [4.78, 5) is 25.5. The molecule has 0 aliphatic rings. The summed E-state index contributed by atoms with van der Waals surface area (Å²) in [6, 6.07) is 3.83. The van der Waals surface area contributed by atoms with E-state index in [1.54, 1.807) is 6.92 Å². The first-order valence-corrected chi connectivity index (χ1v) is 5.56. The lowest BCUT2D eigenvalue weighted by molar-refractivity contribution is -0.154. The van der Waals surface area contributed by atoms with Crippen LogP contribution in [0.1, 0.15) is 26.5 Å². The molecule has 0 saturated heterocycles. The van der Waals surface area contributed by atoms with Gasteiger partial charge >= 0.3 is 11.9 Å². The number of ether oxygens (including phenoxy) is 1. The molecule has 1 amide bonds. The Balaban J connectivity index is 2.50. The molecule has 0 aromatic carbocycles. The Morgan fingerprint density at radius 2 is 2.18 bits per heavy atom. The van der Waals surface area contributed by atoms with Crippen molar-refractivity contribution in [3.63, 3.8) is 0 Å². The third kappa shape index (κ3) is 3.62. The van der Waals surface area contributed by atoms with Gasteiger partial charge in [0.25, 0.3) is 0 Å². The number of esters is 1. The Hall–Kier alpha value is -1.78. The number of amides is 1. The first-order valence-electron chi connectivity index (χ1n) is 5.56. The molecule has 1 aromatic heterocycles. The van der Waals surface area contributed by atoms with Crippen LogP contribution in [0.4, 0.5) is 0 Å². The fourth-order valence-corrected chi connectivity index (χ4v) is 1.42. The van der Waals surface area contributed by atoms with Crippen LogP contribution in [0.25, 0.3) is 0 Å². The Kier molecular flexibility index (Phi) is 4.31. The van der Waals surface area contributed by atoms with Crippen molar-refractivity contribution >= 4 is 11.9 Å². The minimum absolute atomic E-state index is 0.201. The van der Waals surface area contributed by atoms with Gasteiger partial charge in [-0.15, -0.1) is 0 Å². The van der Waals surface area contributed by atoms with Gasteiger partial charge in [0.15, 0.2) is 0 Å². The maximum Gasteiger partial charge on any atom is 0.396 e. The number of aromatic nitrogens is 1. The van der Waals surface area contributed by atoms with Crippen molar-refractivity contribution in [2.75, 3.05) is 13.2 Å². The summed E-state index contributed by atoms with van der Waals surface area (Å²) in [6.45, 7) is 6.18. The van der Waals surface area contributed by atoms with Crippen LogP contribution in [0.3, 0.4) is 0 Å². The molecule has 17 heavy (non-hydrogen) atoms. The van der Waals surface area contributed by atoms with E-state index >= 15 is 0 Å². The van der Waals surface area contributed by atoms with E-state index in [-0.39, 0.29) is 12.0 Å². The van der Waals surface area contributed by atoms with Crippen LogP contribution in [0.2, 0.25) is 0 Å². The number of hydrogen-bond acceptors (Lipinski definition) is 3. The van der Waals surface area contributed by atoms with Crippen molar-refractivity contribution in [3.05, 3.63) is 24.0 Å². The van der Waals surface area contributed by atoms with Crippen molar-refractivity contribution in [1.29, 1.82) is 0 Å². The third-order valence-electron chi connectivity index (χ3n) is 2.48. The van der Waals surface area contributed by atoms with Crippen LogP contribution < -0.4 is 5.32 Å². The first-order chi connectivity index (χ1) is 7.97. The molecule has 0 fully saturated rings. The lowest BCUT2D eigenvalue weighted by atomic mass is 9.89. The van der Waals surface area contributed by atoms with E-state index in [1.807, 2.05) is 32.2 Å². The van der Waals surface area contributed by atoms with Crippen LogP contribution in [-0.2, 0) is 19.7 Å². The molecule has 0 unspecified atom stereocenters. The van der Waals surface area contributed by atoms with Crippen molar-refractivity contribution in [1.82, 2.24) is 10.3 Å². The molecule has 0 saturated carbocycles. The lowest BCUT2D eigenvalue weighted by Gasteiger charge is -2.23. The molecule has 0 spiro atoms. The molecule has 94 valence electrons. The monoisotopic (exact) mass is 238 g/mol. The maximum atomic E-state index is 11.4. The van der Waals surface area contributed by atoms with Gasteiger partial charge in [-0.05, 0) is 19.1 Å². The highest BCUT2D eigenvalue weighted by Crippen LogP contribution is 2.19. The molecule has 0 aliphatic carbocycles. The number of aromatic amines is 1. The molecule has 0 aliphatic heterocycles. The molecule has 2 N–H and O–H groups in total. The highest BCUT2D eigenvalue weighted by Gasteiger charge is 2.24. The predicted octanol–water partition coefficient (Wildman–Crippen LogP) is 0.972. The summed E-state index contributed by atoms with van der Waals surface area (Å²) < 4.78 is 4.60. The topological polar surface area (TPSA) is 71.2 Å². The summed E-state index contributed by atoms with van der Waals surface area (Å²) in [5.74, 6) is -1.54. The highest BCUT2D eigenvalue weighted by molar-refractivity contribution is 6.32.